The topological polar surface area (TPSA) is 23.8 Å². The Morgan fingerprint density at radius 2 is 2.15 bits per heavy atom. The van der Waals surface area contributed by atoms with Gasteiger partial charge >= 0.3 is 0 Å². The molecule has 1 heterocycles. The predicted molar refractivity (Wildman–Crippen MR) is 59.2 cm³/mol. The van der Waals surface area contributed by atoms with E-state index in [1.54, 1.807) is 11.3 Å². The molecule has 0 bridgehead atoms. The zero-order valence-electron chi connectivity index (χ0n) is 6.75. The number of rotatable bonds is 1. The number of thiophene rings is 1. The lowest BCUT2D eigenvalue weighted by Crippen LogP contribution is -1.76. The molecule has 64 valence electrons. The molecule has 0 atom stereocenters. The van der Waals surface area contributed by atoms with Gasteiger partial charge in [0, 0.05) is 10.0 Å². The maximum atomic E-state index is 8.89. The summed E-state index contributed by atoms with van der Waals surface area (Å²) in [5.74, 6) is 0. The van der Waals surface area contributed by atoms with Gasteiger partial charge in [0.1, 0.15) is 10.9 Å². The smallest absolute Gasteiger partial charge is 0.110 e. The first-order valence-electron chi connectivity index (χ1n) is 3.83. The lowest BCUT2D eigenvalue weighted by molar-refractivity contribution is 1.46. The molecule has 0 aliphatic rings. The first-order chi connectivity index (χ1) is 6.36. The number of halogens is 1. The van der Waals surface area contributed by atoms with Crippen LogP contribution < -0.4 is 0 Å². The summed E-state index contributed by atoms with van der Waals surface area (Å²) in [6.07, 6.45) is 0. The van der Waals surface area contributed by atoms with E-state index in [4.69, 9.17) is 5.26 Å². The van der Waals surface area contributed by atoms with Crippen molar-refractivity contribution >= 4 is 37.4 Å². The van der Waals surface area contributed by atoms with Crippen LogP contribution in [0.3, 0.4) is 0 Å². The highest BCUT2D eigenvalue weighted by atomic mass is 79.9. The zero-order valence-corrected chi connectivity index (χ0v) is 9.15. The van der Waals surface area contributed by atoms with E-state index < -0.39 is 0 Å². The molecule has 1 aromatic carbocycles. The van der Waals surface area contributed by atoms with E-state index in [2.05, 4.69) is 28.1 Å². The number of alkyl halides is 1. The van der Waals surface area contributed by atoms with Crippen molar-refractivity contribution < 1.29 is 0 Å². The lowest BCUT2D eigenvalue weighted by atomic mass is 10.1. The molecule has 0 spiro atoms. The van der Waals surface area contributed by atoms with Gasteiger partial charge in [0.05, 0.1) is 0 Å². The molecular formula is C10H6BrNS. The van der Waals surface area contributed by atoms with Gasteiger partial charge in [0.25, 0.3) is 0 Å². The van der Waals surface area contributed by atoms with Crippen molar-refractivity contribution in [3.8, 4) is 6.07 Å². The Kier molecular flexibility index (Phi) is 2.34. The largest absolute Gasteiger partial charge is 0.192 e. The predicted octanol–water partition coefficient (Wildman–Crippen LogP) is 3.67. The molecule has 13 heavy (non-hydrogen) atoms. The van der Waals surface area contributed by atoms with E-state index in [0.717, 1.165) is 15.8 Å². The average molecular weight is 252 g/mol. The third-order valence-electron chi connectivity index (χ3n) is 1.93. The Balaban J connectivity index is 2.83. The summed E-state index contributed by atoms with van der Waals surface area (Å²) >= 11 is 4.96. The summed E-state index contributed by atoms with van der Waals surface area (Å²) in [5, 5.41) is 10.8. The molecule has 0 radical (unpaired) electrons. The maximum absolute atomic E-state index is 8.89. The van der Waals surface area contributed by atoms with Gasteiger partial charge in [-0.3, -0.25) is 0 Å². The second-order valence-electron chi connectivity index (χ2n) is 2.65. The van der Waals surface area contributed by atoms with Gasteiger partial charge in [-0.2, -0.15) is 5.26 Å². The number of fused-ring (bicyclic) bond motifs is 1. The fourth-order valence-electron chi connectivity index (χ4n) is 1.32. The van der Waals surface area contributed by atoms with Crippen LogP contribution in [0.1, 0.15) is 10.4 Å². The molecule has 1 nitrogen and oxygen atoms in total. The summed E-state index contributed by atoms with van der Waals surface area (Å²) in [4.78, 5) is 0.818. The summed E-state index contributed by atoms with van der Waals surface area (Å²) in [7, 11) is 0. The fourth-order valence-corrected chi connectivity index (χ4v) is 3.11. The highest BCUT2D eigenvalue weighted by molar-refractivity contribution is 9.08. The van der Waals surface area contributed by atoms with E-state index in [-0.39, 0.29) is 0 Å². The quantitative estimate of drug-likeness (QED) is 0.710. The molecule has 1 aromatic heterocycles. The van der Waals surface area contributed by atoms with Crippen LogP contribution >= 0.6 is 27.3 Å². The molecule has 0 amide bonds. The van der Waals surface area contributed by atoms with Crippen molar-refractivity contribution in [3.63, 3.8) is 0 Å². The fraction of sp³-hybridized carbons (Fsp3) is 0.100. The van der Waals surface area contributed by atoms with Gasteiger partial charge < -0.3 is 0 Å². The third-order valence-corrected chi connectivity index (χ3v) is 3.61. The number of nitriles is 1. The van der Waals surface area contributed by atoms with Crippen LogP contribution in [-0.2, 0) is 5.33 Å². The first kappa shape index (κ1) is 8.74. The Labute approximate surface area is 88.7 Å². The van der Waals surface area contributed by atoms with Crippen LogP contribution in [0.25, 0.3) is 10.1 Å². The Bertz CT molecular complexity index is 481. The van der Waals surface area contributed by atoms with Crippen LogP contribution in [-0.4, -0.2) is 0 Å². The minimum absolute atomic E-state index is 0.750. The standard InChI is InChI=1S/C10H6BrNS/c11-5-8-7-3-1-2-4-9(7)13-10(8)6-12/h1-4H,5H2. The zero-order chi connectivity index (χ0) is 9.26. The Morgan fingerprint density at radius 3 is 2.85 bits per heavy atom. The summed E-state index contributed by atoms with van der Waals surface area (Å²) < 4.78 is 1.19. The van der Waals surface area contributed by atoms with Crippen molar-refractivity contribution in [2.75, 3.05) is 0 Å². The van der Waals surface area contributed by atoms with Crippen LogP contribution in [0.2, 0.25) is 0 Å². The second kappa shape index (κ2) is 3.49. The first-order valence-corrected chi connectivity index (χ1v) is 5.77. The Morgan fingerprint density at radius 1 is 1.38 bits per heavy atom. The molecular weight excluding hydrogens is 246 g/mol. The van der Waals surface area contributed by atoms with E-state index in [1.807, 2.05) is 18.2 Å². The third kappa shape index (κ3) is 1.37. The lowest BCUT2D eigenvalue weighted by Gasteiger charge is -1.91. The van der Waals surface area contributed by atoms with Gasteiger partial charge in [0.2, 0.25) is 0 Å². The molecule has 0 N–H and O–H groups in total. The molecule has 0 aliphatic carbocycles. The minimum Gasteiger partial charge on any atom is -0.192 e. The average Bonchev–Trinajstić information content (AvgIpc) is 2.55. The number of hydrogen-bond donors (Lipinski definition) is 0. The molecule has 2 rings (SSSR count). The van der Waals surface area contributed by atoms with Crippen molar-refractivity contribution in [3.05, 3.63) is 34.7 Å². The summed E-state index contributed by atoms with van der Waals surface area (Å²) in [6, 6.07) is 10.3. The molecule has 0 fully saturated rings. The molecule has 0 aliphatic heterocycles. The van der Waals surface area contributed by atoms with Gasteiger partial charge in [-0.25, -0.2) is 0 Å². The number of hydrogen-bond acceptors (Lipinski definition) is 2. The summed E-state index contributed by atoms with van der Waals surface area (Å²) in [6.45, 7) is 0. The van der Waals surface area contributed by atoms with Crippen molar-refractivity contribution in [2.24, 2.45) is 0 Å². The highest BCUT2D eigenvalue weighted by Crippen LogP contribution is 2.31. The van der Waals surface area contributed by atoms with Gasteiger partial charge in [-0.15, -0.1) is 11.3 Å². The van der Waals surface area contributed by atoms with Gasteiger partial charge in [-0.05, 0) is 17.0 Å². The molecule has 0 saturated heterocycles. The minimum atomic E-state index is 0.750. The van der Waals surface area contributed by atoms with E-state index >= 15 is 0 Å². The van der Waals surface area contributed by atoms with Crippen LogP contribution in [0.4, 0.5) is 0 Å². The van der Waals surface area contributed by atoms with Crippen LogP contribution in [0, 0.1) is 11.3 Å². The molecule has 3 heteroatoms. The van der Waals surface area contributed by atoms with E-state index in [9.17, 15) is 0 Å². The van der Waals surface area contributed by atoms with E-state index in [0.29, 0.717) is 0 Å². The molecule has 0 unspecified atom stereocenters. The number of nitrogens with zero attached hydrogens (tertiary/aromatic N) is 1. The Hall–Kier alpha value is -0.850. The van der Waals surface area contributed by atoms with Crippen LogP contribution in [0.5, 0.6) is 0 Å². The van der Waals surface area contributed by atoms with Gasteiger partial charge in [0.15, 0.2) is 0 Å². The SMILES string of the molecule is N#Cc1sc2ccccc2c1CBr. The van der Waals surface area contributed by atoms with Crippen molar-refractivity contribution in [1.29, 1.82) is 5.26 Å². The maximum Gasteiger partial charge on any atom is 0.110 e. The van der Waals surface area contributed by atoms with Crippen molar-refractivity contribution in [2.45, 2.75) is 5.33 Å². The summed E-state index contributed by atoms with van der Waals surface area (Å²) in [5.41, 5.74) is 1.11. The molecule has 0 saturated carbocycles. The van der Waals surface area contributed by atoms with Gasteiger partial charge in [-0.1, -0.05) is 34.1 Å². The monoisotopic (exact) mass is 251 g/mol. The van der Waals surface area contributed by atoms with Crippen molar-refractivity contribution in [1.82, 2.24) is 0 Å². The highest BCUT2D eigenvalue weighted by Gasteiger charge is 2.09. The van der Waals surface area contributed by atoms with Crippen LogP contribution in [0.15, 0.2) is 24.3 Å². The second-order valence-corrected chi connectivity index (χ2v) is 4.26. The number of benzene rings is 1. The normalized spacial score (nSPS) is 10.2. The molecule has 2 aromatic rings. The van der Waals surface area contributed by atoms with E-state index in [1.165, 1.54) is 10.1 Å².